The number of hydrogen-bond acceptors (Lipinski definition) is 8. The Hall–Kier alpha value is -2.28. The molecule has 1 heterocycles. The zero-order valence-electron chi connectivity index (χ0n) is 34.4. The molecule has 1 saturated heterocycles. The first-order valence-corrected chi connectivity index (χ1v) is 21.7. The Balaban J connectivity index is 3.06. The number of rotatable bonds is 33. The van der Waals surface area contributed by atoms with Crippen molar-refractivity contribution in [3.8, 4) is 0 Å². The third kappa shape index (κ3) is 21.7. The summed E-state index contributed by atoms with van der Waals surface area (Å²) in [5.41, 5.74) is 0. The summed E-state index contributed by atoms with van der Waals surface area (Å²) in [5, 5.41) is 46.7. The molecule has 6 atom stereocenters. The minimum Gasteiger partial charge on any atom is -0.481 e. The highest BCUT2D eigenvalue weighted by atomic mass is 16.5. The Labute approximate surface area is 326 Å². The van der Waals surface area contributed by atoms with Crippen LogP contribution in [0.4, 0.5) is 0 Å². The Morgan fingerprint density at radius 3 is 1.61 bits per heavy atom. The van der Waals surface area contributed by atoms with Crippen molar-refractivity contribution in [3.63, 3.8) is 0 Å². The molecule has 12 heteroatoms. The number of aliphatic hydroxyl groups excluding tert-OH is 3. The van der Waals surface area contributed by atoms with Gasteiger partial charge < -0.3 is 40.7 Å². The van der Waals surface area contributed by atoms with Gasteiger partial charge in [0.25, 0.3) is 0 Å². The van der Waals surface area contributed by atoms with Crippen molar-refractivity contribution < 1.29 is 44.3 Å². The summed E-state index contributed by atoms with van der Waals surface area (Å²) in [4.78, 5) is 52.9. The topological polar surface area (TPSA) is 186 Å². The molecule has 0 saturated carbocycles. The number of aliphatic carboxylic acids is 1. The van der Waals surface area contributed by atoms with Crippen molar-refractivity contribution in [1.82, 2.24) is 15.5 Å². The maximum absolute atomic E-state index is 14.0. The average molecular weight is 770 g/mol. The van der Waals surface area contributed by atoms with E-state index in [1.54, 1.807) is 4.90 Å². The number of carbonyl (C=O) groups excluding carboxylic acids is 3. The van der Waals surface area contributed by atoms with Gasteiger partial charge in [-0.2, -0.15) is 0 Å². The van der Waals surface area contributed by atoms with Gasteiger partial charge in [-0.1, -0.05) is 150 Å². The van der Waals surface area contributed by atoms with Crippen LogP contribution in [-0.2, 0) is 23.9 Å². The van der Waals surface area contributed by atoms with Gasteiger partial charge in [0.2, 0.25) is 17.7 Å². The molecule has 316 valence electrons. The number of ether oxygens (including phenoxy) is 1. The Bertz CT molecular complexity index is 1010. The van der Waals surface area contributed by atoms with Gasteiger partial charge in [-0.3, -0.25) is 19.2 Å². The summed E-state index contributed by atoms with van der Waals surface area (Å²) in [6, 6.07) is -2.29. The minimum absolute atomic E-state index is 0.0200. The number of nitrogens with one attached hydrogen (secondary N) is 2. The van der Waals surface area contributed by atoms with Crippen molar-refractivity contribution >= 4 is 23.7 Å². The van der Waals surface area contributed by atoms with Crippen molar-refractivity contribution in [2.45, 2.75) is 225 Å². The van der Waals surface area contributed by atoms with Gasteiger partial charge in [0, 0.05) is 19.4 Å². The van der Waals surface area contributed by atoms with Gasteiger partial charge in [0.15, 0.2) is 6.23 Å². The molecule has 3 amide bonds. The van der Waals surface area contributed by atoms with Gasteiger partial charge in [-0.25, -0.2) is 0 Å². The Morgan fingerprint density at radius 1 is 0.667 bits per heavy atom. The number of hydrogen-bond donors (Lipinski definition) is 6. The summed E-state index contributed by atoms with van der Waals surface area (Å²) in [7, 11) is 0. The van der Waals surface area contributed by atoms with Gasteiger partial charge >= 0.3 is 5.97 Å². The first-order chi connectivity index (χ1) is 26.0. The normalized spacial score (nSPS) is 20.5. The number of aliphatic hydroxyl groups is 3. The van der Waals surface area contributed by atoms with Crippen molar-refractivity contribution in [3.05, 3.63) is 0 Å². The van der Waals surface area contributed by atoms with Crippen LogP contribution in [0.1, 0.15) is 188 Å². The molecule has 0 aliphatic carbocycles. The molecule has 1 aliphatic rings. The van der Waals surface area contributed by atoms with Crippen LogP contribution < -0.4 is 10.6 Å². The lowest BCUT2D eigenvalue weighted by molar-refractivity contribution is -0.231. The molecule has 0 unspecified atom stereocenters. The fourth-order valence-electron chi connectivity index (χ4n) is 7.22. The first-order valence-electron chi connectivity index (χ1n) is 21.7. The largest absolute Gasteiger partial charge is 0.481 e. The molecule has 0 aromatic rings. The molecule has 0 bridgehead atoms. The van der Waals surface area contributed by atoms with Crippen LogP contribution >= 0.6 is 0 Å². The fourth-order valence-corrected chi connectivity index (χ4v) is 7.22. The van der Waals surface area contributed by atoms with Gasteiger partial charge in [-0.15, -0.1) is 0 Å². The molecule has 6 N–H and O–H groups in total. The molecule has 0 spiro atoms. The van der Waals surface area contributed by atoms with Crippen LogP contribution in [0.2, 0.25) is 0 Å². The summed E-state index contributed by atoms with van der Waals surface area (Å²) in [5.74, 6) is -2.57. The third-order valence-corrected chi connectivity index (χ3v) is 10.5. The van der Waals surface area contributed by atoms with Crippen molar-refractivity contribution in [2.24, 2.45) is 5.92 Å². The third-order valence-electron chi connectivity index (χ3n) is 10.5. The van der Waals surface area contributed by atoms with E-state index in [1.165, 1.54) is 83.5 Å². The maximum Gasteiger partial charge on any atom is 0.303 e. The SMILES string of the molecule is CCCCCCCCCCCCCCN(C(=O)CCCCCCCCCCC)[C@@H]1O[C@H](CO)[C@@H](O)[C@H](O)[C@H]1NC(=O)[C@H](CC(C)C)NC(=O)CCC(=O)O. The van der Waals surface area contributed by atoms with Crippen molar-refractivity contribution in [1.29, 1.82) is 0 Å². The second-order valence-corrected chi connectivity index (χ2v) is 16.0. The first kappa shape index (κ1) is 49.7. The lowest BCUT2D eigenvalue weighted by Gasteiger charge is -2.47. The highest BCUT2D eigenvalue weighted by Gasteiger charge is 2.48. The average Bonchev–Trinajstić information content (AvgIpc) is 3.13. The highest BCUT2D eigenvalue weighted by molar-refractivity contribution is 5.89. The van der Waals surface area contributed by atoms with Crippen molar-refractivity contribution in [2.75, 3.05) is 13.2 Å². The Kier molecular flexibility index (Phi) is 28.4. The number of unbranched alkanes of at least 4 members (excludes halogenated alkanes) is 19. The van der Waals surface area contributed by atoms with E-state index < -0.39 is 61.0 Å². The molecular formula is C42H79N3O9. The summed E-state index contributed by atoms with van der Waals surface area (Å²) in [6.07, 6.45) is 18.2. The van der Waals surface area contributed by atoms with E-state index >= 15 is 0 Å². The van der Waals surface area contributed by atoms with Crippen LogP contribution in [0, 0.1) is 5.92 Å². The quantitative estimate of drug-likeness (QED) is 0.0393. The Morgan fingerprint density at radius 2 is 1.15 bits per heavy atom. The van der Waals surface area contributed by atoms with E-state index in [0.29, 0.717) is 19.4 Å². The predicted octanol–water partition coefficient (Wildman–Crippen LogP) is 6.76. The second kappa shape index (κ2) is 30.9. The molecule has 1 rings (SSSR count). The lowest BCUT2D eigenvalue weighted by atomic mass is 9.94. The zero-order valence-corrected chi connectivity index (χ0v) is 34.4. The van der Waals surface area contributed by atoms with Crippen LogP contribution in [0.5, 0.6) is 0 Å². The van der Waals surface area contributed by atoms with Crippen LogP contribution in [0.15, 0.2) is 0 Å². The zero-order chi connectivity index (χ0) is 40.1. The van der Waals surface area contributed by atoms with Crippen LogP contribution in [-0.4, -0.2) is 98.8 Å². The van der Waals surface area contributed by atoms with E-state index in [0.717, 1.165) is 38.5 Å². The number of carboxylic acids is 1. The minimum atomic E-state index is -1.57. The lowest BCUT2D eigenvalue weighted by Crippen LogP contribution is -2.70. The molecule has 0 aromatic carbocycles. The smallest absolute Gasteiger partial charge is 0.303 e. The highest BCUT2D eigenvalue weighted by Crippen LogP contribution is 2.26. The summed E-state index contributed by atoms with van der Waals surface area (Å²) >= 11 is 0. The molecule has 54 heavy (non-hydrogen) atoms. The molecule has 12 nitrogen and oxygen atoms in total. The molecule has 1 fully saturated rings. The fraction of sp³-hybridized carbons (Fsp3) is 0.905. The standard InChI is InChI=1S/C42H79N3O9/c1-5-7-9-11-13-15-16-17-19-21-23-25-29-45(36(48)26-24-22-20-18-14-12-10-8-6-2)42-38(40(52)39(51)34(31-46)54-42)44-41(53)33(30-32(3)4)43-35(47)27-28-37(49)50/h32-34,38-40,42,46,51-52H,5-31H2,1-4H3,(H,43,47)(H,44,53)(H,49,50)/t33-,34+,38+,39+,40+,42+/m0/s1. The van der Waals surface area contributed by atoms with E-state index in [-0.39, 0.29) is 37.5 Å². The molecular weight excluding hydrogens is 690 g/mol. The van der Waals surface area contributed by atoms with E-state index in [4.69, 9.17) is 9.84 Å². The van der Waals surface area contributed by atoms with Crippen LogP contribution in [0.25, 0.3) is 0 Å². The second-order valence-electron chi connectivity index (χ2n) is 16.0. The molecule has 1 aliphatic heterocycles. The van der Waals surface area contributed by atoms with Crippen LogP contribution in [0.3, 0.4) is 0 Å². The number of carbonyl (C=O) groups is 4. The maximum atomic E-state index is 14.0. The van der Waals surface area contributed by atoms with Gasteiger partial charge in [0.05, 0.1) is 13.0 Å². The number of nitrogens with zero attached hydrogens (tertiary/aromatic N) is 1. The van der Waals surface area contributed by atoms with Gasteiger partial charge in [-0.05, 0) is 25.2 Å². The predicted molar refractivity (Wildman–Crippen MR) is 213 cm³/mol. The monoisotopic (exact) mass is 770 g/mol. The summed E-state index contributed by atoms with van der Waals surface area (Å²) < 4.78 is 6.15. The molecule has 0 aromatic heterocycles. The van der Waals surface area contributed by atoms with E-state index in [1.807, 2.05) is 13.8 Å². The van der Waals surface area contributed by atoms with E-state index in [9.17, 15) is 34.5 Å². The summed E-state index contributed by atoms with van der Waals surface area (Å²) in [6.45, 7) is 7.92. The number of carboxylic acid groups (broad SMARTS) is 1. The van der Waals surface area contributed by atoms with Gasteiger partial charge in [0.1, 0.15) is 30.4 Å². The molecule has 0 radical (unpaired) electrons. The van der Waals surface area contributed by atoms with E-state index in [2.05, 4.69) is 24.5 Å². The number of amides is 3.